The summed E-state index contributed by atoms with van der Waals surface area (Å²) in [6.07, 6.45) is -2.87. The van der Waals surface area contributed by atoms with Crippen LogP contribution in [-0.4, -0.2) is 51.2 Å². The van der Waals surface area contributed by atoms with E-state index in [-0.39, 0.29) is 18.8 Å². The van der Waals surface area contributed by atoms with Crippen molar-refractivity contribution in [3.8, 4) is 5.75 Å². The van der Waals surface area contributed by atoms with Crippen molar-refractivity contribution < 1.29 is 25.5 Å². The van der Waals surface area contributed by atoms with Gasteiger partial charge in [0.25, 0.3) is 0 Å². The summed E-state index contributed by atoms with van der Waals surface area (Å²) in [5.74, 6) is 0.0832. The Morgan fingerprint density at radius 2 is 1.55 bits per heavy atom. The summed E-state index contributed by atoms with van der Waals surface area (Å²) in [4.78, 5) is 0. The largest absolute Gasteiger partial charge is 0.508 e. The molecule has 20 heavy (non-hydrogen) atoms. The van der Waals surface area contributed by atoms with E-state index in [9.17, 15) is 5.11 Å². The van der Waals surface area contributed by atoms with Crippen LogP contribution in [0.4, 0.5) is 0 Å². The van der Waals surface area contributed by atoms with E-state index in [1.54, 1.807) is 18.2 Å². The van der Waals surface area contributed by atoms with E-state index in [0.29, 0.717) is 5.56 Å². The van der Waals surface area contributed by atoms with Gasteiger partial charge in [0.15, 0.2) is 12.6 Å². The Morgan fingerprint density at radius 1 is 1.00 bits per heavy atom. The number of phenols is 1. The highest BCUT2D eigenvalue weighted by Crippen LogP contribution is 2.22. The van der Waals surface area contributed by atoms with Gasteiger partial charge >= 0.3 is 0 Å². The highest BCUT2D eigenvalue weighted by Gasteiger charge is 2.16. The quantitative estimate of drug-likeness (QED) is 0.298. The molecule has 1 aromatic carbocycles. The molecule has 0 atom stereocenters. The Kier molecular flexibility index (Phi) is 6.86. The van der Waals surface area contributed by atoms with Gasteiger partial charge in [-0.15, -0.1) is 0 Å². The molecule has 0 bridgehead atoms. The van der Waals surface area contributed by atoms with Crippen molar-refractivity contribution in [1.29, 1.82) is 0 Å². The summed E-state index contributed by atoms with van der Waals surface area (Å²) < 4.78 is 0. The first-order valence-electron chi connectivity index (χ1n) is 6.44. The molecule has 0 radical (unpaired) electrons. The third-order valence-electron chi connectivity index (χ3n) is 2.83. The third-order valence-corrected chi connectivity index (χ3v) is 2.83. The van der Waals surface area contributed by atoms with E-state index in [1.165, 1.54) is 0 Å². The zero-order chi connectivity index (χ0) is 15.1. The van der Waals surface area contributed by atoms with E-state index < -0.39 is 18.7 Å². The van der Waals surface area contributed by atoms with Gasteiger partial charge < -0.3 is 25.5 Å². The average molecular weight is 286 g/mol. The standard InChI is InChI=1S/C13H22N2O5/c1-2-8-3-4-9(16)5-10(8)13(14-6-11(17)18)15-7-12(19)20/h3-5,11-20H,2,6-7H2,1H3. The van der Waals surface area contributed by atoms with Gasteiger partial charge in [-0.3, -0.25) is 10.6 Å². The lowest BCUT2D eigenvalue weighted by atomic mass is 10.0. The van der Waals surface area contributed by atoms with Crippen LogP contribution in [0.3, 0.4) is 0 Å². The zero-order valence-electron chi connectivity index (χ0n) is 11.3. The number of benzene rings is 1. The molecule has 0 spiro atoms. The smallest absolute Gasteiger partial charge is 0.164 e. The predicted molar refractivity (Wildman–Crippen MR) is 72.7 cm³/mol. The Morgan fingerprint density at radius 3 is 2.00 bits per heavy atom. The van der Waals surface area contributed by atoms with Gasteiger partial charge in [0.2, 0.25) is 0 Å². The molecule has 0 unspecified atom stereocenters. The number of aromatic hydroxyl groups is 1. The number of rotatable bonds is 8. The molecular weight excluding hydrogens is 264 g/mol. The Bertz CT molecular complexity index is 400. The summed E-state index contributed by atoms with van der Waals surface area (Å²) in [6.45, 7) is 1.75. The molecule has 0 aromatic heterocycles. The minimum absolute atomic E-state index is 0.0832. The van der Waals surface area contributed by atoms with Gasteiger partial charge in [0.1, 0.15) is 5.75 Å². The van der Waals surface area contributed by atoms with Crippen LogP contribution < -0.4 is 10.6 Å². The summed E-state index contributed by atoms with van der Waals surface area (Å²) in [7, 11) is 0. The number of hydrogen-bond donors (Lipinski definition) is 7. The van der Waals surface area contributed by atoms with Gasteiger partial charge in [-0.05, 0) is 29.7 Å². The lowest BCUT2D eigenvalue weighted by Gasteiger charge is -2.24. The molecule has 7 nitrogen and oxygen atoms in total. The van der Waals surface area contributed by atoms with Crippen molar-refractivity contribution in [1.82, 2.24) is 10.6 Å². The zero-order valence-corrected chi connectivity index (χ0v) is 11.3. The van der Waals surface area contributed by atoms with Crippen molar-refractivity contribution in [3.05, 3.63) is 29.3 Å². The first-order valence-corrected chi connectivity index (χ1v) is 6.44. The maximum atomic E-state index is 9.58. The fourth-order valence-corrected chi connectivity index (χ4v) is 1.91. The monoisotopic (exact) mass is 286 g/mol. The number of aliphatic hydroxyl groups is 4. The number of aliphatic hydroxyl groups excluding tert-OH is 2. The second-order valence-corrected chi connectivity index (χ2v) is 4.45. The molecule has 0 fully saturated rings. The van der Waals surface area contributed by atoms with Gasteiger partial charge in [-0.1, -0.05) is 13.0 Å². The molecular formula is C13H22N2O5. The summed E-state index contributed by atoms with van der Waals surface area (Å²) >= 11 is 0. The lowest BCUT2D eigenvalue weighted by molar-refractivity contribution is -0.0463. The number of hydrogen-bond acceptors (Lipinski definition) is 7. The van der Waals surface area contributed by atoms with Crippen molar-refractivity contribution in [2.24, 2.45) is 0 Å². The number of aryl methyl sites for hydroxylation is 1. The van der Waals surface area contributed by atoms with Gasteiger partial charge in [-0.25, -0.2) is 0 Å². The van der Waals surface area contributed by atoms with E-state index in [0.717, 1.165) is 12.0 Å². The lowest BCUT2D eigenvalue weighted by Crippen LogP contribution is -2.41. The molecule has 0 aliphatic rings. The minimum Gasteiger partial charge on any atom is -0.508 e. The Balaban J connectivity index is 2.92. The van der Waals surface area contributed by atoms with Crippen LogP contribution in [0.25, 0.3) is 0 Å². The molecule has 1 rings (SSSR count). The predicted octanol–water partition coefficient (Wildman–Crippen LogP) is -1.25. The van der Waals surface area contributed by atoms with Crippen LogP contribution in [0.2, 0.25) is 0 Å². The second-order valence-electron chi connectivity index (χ2n) is 4.45. The second kappa shape index (κ2) is 8.15. The summed E-state index contributed by atoms with van der Waals surface area (Å²) in [5, 5.41) is 51.0. The van der Waals surface area contributed by atoms with E-state index in [2.05, 4.69) is 10.6 Å². The van der Waals surface area contributed by atoms with Crippen molar-refractivity contribution >= 4 is 0 Å². The van der Waals surface area contributed by atoms with Gasteiger partial charge in [-0.2, -0.15) is 0 Å². The topological polar surface area (TPSA) is 125 Å². The highest BCUT2D eigenvalue weighted by molar-refractivity contribution is 5.36. The first-order chi connectivity index (χ1) is 9.43. The summed E-state index contributed by atoms with van der Waals surface area (Å²) in [6, 6.07) is 4.89. The van der Waals surface area contributed by atoms with Crippen molar-refractivity contribution in [2.45, 2.75) is 32.1 Å². The van der Waals surface area contributed by atoms with Gasteiger partial charge in [0, 0.05) is 13.1 Å². The fraction of sp³-hybridized carbons (Fsp3) is 0.538. The van der Waals surface area contributed by atoms with E-state index in [1.807, 2.05) is 6.92 Å². The molecule has 0 aliphatic heterocycles. The third kappa shape index (κ3) is 5.41. The molecule has 7 N–H and O–H groups in total. The minimum atomic E-state index is -1.53. The average Bonchev–Trinajstić information content (AvgIpc) is 2.38. The van der Waals surface area contributed by atoms with Crippen molar-refractivity contribution in [2.75, 3.05) is 13.1 Å². The number of nitrogens with one attached hydrogen (secondary N) is 2. The molecule has 7 heteroatoms. The van der Waals surface area contributed by atoms with E-state index in [4.69, 9.17) is 20.4 Å². The molecule has 0 heterocycles. The first kappa shape index (κ1) is 16.8. The van der Waals surface area contributed by atoms with Crippen LogP contribution >= 0.6 is 0 Å². The van der Waals surface area contributed by atoms with E-state index >= 15 is 0 Å². The van der Waals surface area contributed by atoms with Crippen LogP contribution in [0, 0.1) is 0 Å². The van der Waals surface area contributed by atoms with Crippen LogP contribution in [0.5, 0.6) is 5.75 Å². The molecule has 0 saturated heterocycles. The SMILES string of the molecule is CCc1ccc(O)cc1C(NCC(O)O)NCC(O)O. The van der Waals surface area contributed by atoms with Crippen LogP contribution in [-0.2, 0) is 6.42 Å². The highest BCUT2D eigenvalue weighted by atomic mass is 16.5. The Hall–Kier alpha value is -1.22. The molecule has 0 amide bonds. The molecule has 1 aromatic rings. The normalized spacial score (nSPS) is 11.8. The van der Waals surface area contributed by atoms with Crippen LogP contribution in [0.1, 0.15) is 24.2 Å². The van der Waals surface area contributed by atoms with Crippen molar-refractivity contribution in [3.63, 3.8) is 0 Å². The molecule has 0 saturated carbocycles. The molecule has 0 aliphatic carbocycles. The summed E-state index contributed by atoms with van der Waals surface area (Å²) in [5.41, 5.74) is 1.67. The maximum absolute atomic E-state index is 9.58. The van der Waals surface area contributed by atoms with Crippen LogP contribution in [0.15, 0.2) is 18.2 Å². The molecule has 114 valence electrons. The Labute approximate surface area is 117 Å². The van der Waals surface area contributed by atoms with Gasteiger partial charge in [0.05, 0.1) is 6.17 Å². The fourth-order valence-electron chi connectivity index (χ4n) is 1.91. The number of phenolic OH excluding ortho intramolecular Hbond substituents is 1. The maximum Gasteiger partial charge on any atom is 0.164 e.